The Hall–Kier alpha value is -1.28. The van der Waals surface area contributed by atoms with Crippen LogP contribution in [0.1, 0.15) is 32.3 Å². The first-order chi connectivity index (χ1) is 8.13. The van der Waals surface area contributed by atoms with E-state index in [1.807, 2.05) is 25.1 Å². The van der Waals surface area contributed by atoms with E-state index in [1.165, 1.54) is 6.08 Å². The molecular weight excluding hydrogens is 234 g/mol. The number of hydrogen-bond donors (Lipinski definition) is 1. The fourth-order valence-corrected chi connectivity index (χ4v) is 1.77. The fourth-order valence-electron chi connectivity index (χ4n) is 1.57. The van der Waals surface area contributed by atoms with E-state index >= 15 is 0 Å². The Morgan fingerprint density at radius 3 is 2.82 bits per heavy atom. The van der Waals surface area contributed by atoms with E-state index in [0.717, 1.165) is 18.4 Å². The normalized spacial score (nSPS) is 12.6. The molecule has 0 spiro atoms. The van der Waals surface area contributed by atoms with Gasteiger partial charge in [0.25, 0.3) is 0 Å². The summed E-state index contributed by atoms with van der Waals surface area (Å²) in [6.07, 6.45) is 5.31. The minimum absolute atomic E-state index is 0.0779. The van der Waals surface area contributed by atoms with Crippen LogP contribution in [0.3, 0.4) is 0 Å². The van der Waals surface area contributed by atoms with Gasteiger partial charge in [-0.3, -0.25) is 4.79 Å². The van der Waals surface area contributed by atoms with Crippen molar-refractivity contribution in [2.45, 2.75) is 32.7 Å². The van der Waals surface area contributed by atoms with Crippen molar-refractivity contribution in [3.05, 3.63) is 40.9 Å². The van der Waals surface area contributed by atoms with Crippen molar-refractivity contribution < 1.29 is 4.79 Å². The van der Waals surface area contributed by atoms with Gasteiger partial charge in [0.05, 0.1) is 0 Å². The highest BCUT2D eigenvalue weighted by Crippen LogP contribution is 2.15. The summed E-state index contributed by atoms with van der Waals surface area (Å²) < 4.78 is 0. The summed E-state index contributed by atoms with van der Waals surface area (Å²) in [7, 11) is 0. The van der Waals surface area contributed by atoms with Crippen molar-refractivity contribution in [3.8, 4) is 0 Å². The Labute approximate surface area is 108 Å². The van der Waals surface area contributed by atoms with Crippen molar-refractivity contribution >= 4 is 23.6 Å². The van der Waals surface area contributed by atoms with Gasteiger partial charge in [0.1, 0.15) is 0 Å². The van der Waals surface area contributed by atoms with E-state index in [1.54, 1.807) is 12.1 Å². The minimum atomic E-state index is -0.0779. The Bertz CT molecular complexity index is 401. The summed E-state index contributed by atoms with van der Waals surface area (Å²) in [6, 6.07) is 7.65. The van der Waals surface area contributed by atoms with Gasteiger partial charge in [-0.15, -0.1) is 0 Å². The summed E-state index contributed by atoms with van der Waals surface area (Å²) in [4.78, 5) is 11.6. The molecule has 1 N–H and O–H groups in total. The first-order valence-electron chi connectivity index (χ1n) is 5.86. The molecule has 0 unspecified atom stereocenters. The zero-order valence-electron chi connectivity index (χ0n) is 10.2. The lowest BCUT2D eigenvalue weighted by atomic mass is 10.2. The standard InChI is InChI=1S/C14H18ClNO/c1-3-6-11(2)16-14(17)10-9-12-7-4-5-8-13(12)15/h4-5,7-11H,3,6H2,1-2H3,(H,16,17)/b10-9+/t11-/m0/s1. The molecule has 0 aromatic heterocycles. The van der Waals surface area contributed by atoms with Crippen LogP contribution in [-0.4, -0.2) is 11.9 Å². The first kappa shape index (κ1) is 13.8. The second-order valence-corrected chi connectivity index (χ2v) is 4.46. The number of halogens is 1. The van der Waals surface area contributed by atoms with E-state index < -0.39 is 0 Å². The number of carbonyl (C=O) groups is 1. The number of rotatable bonds is 5. The Kier molecular flexibility index (Phi) is 5.78. The summed E-state index contributed by atoms with van der Waals surface area (Å²) in [5.74, 6) is -0.0779. The van der Waals surface area contributed by atoms with Gasteiger partial charge in [0.15, 0.2) is 0 Å². The molecule has 1 aromatic rings. The van der Waals surface area contributed by atoms with Gasteiger partial charge in [-0.1, -0.05) is 43.1 Å². The molecule has 1 atom stereocenters. The Morgan fingerprint density at radius 1 is 1.47 bits per heavy atom. The molecule has 0 aliphatic rings. The number of nitrogens with one attached hydrogen (secondary N) is 1. The van der Waals surface area contributed by atoms with Crippen molar-refractivity contribution in [1.82, 2.24) is 5.32 Å². The molecule has 0 fully saturated rings. The highest BCUT2D eigenvalue weighted by atomic mass is 35.5. The van der Waals surface area contributed by atoms with Crippen LogP contribution < -0.4 is 5.32 Å². The summed E-state index contributed by atoms with van der Waals surface area (Å²) >= 11 is 5.98. The van der Waals surface area contributed by atoms with Crippen LogP contribution in [0.2, 0.25) is 5.02 Å². The van der Waals surface area contributed by atoms with Gasteiger partial charge < -0.3 is 5.32 Å². The van der Waals surface area contributed by atoms with E-state index in [-0.39, 0.29) is 11.9 Å². The number of hydrogen-bond acceptors (Lipinski definition) is 1. The SMILES string of the molecule is CCC[C@H](C)NC(=O)/C=C/c1ccccc1Cl. The molecule has 1 amide bonds. The number of benzene rings is 1. The third kappa shape index (κ3) is 5.05. The maximum atomic E-state index is 11.6. The highest BCUT2D eigenvalue weighted by Gasteiger charge is 2.03. The van der Waals surface area contributed by atoms with Crippen LogP contribution in [0.15, 0.2) is 30.3 Å². The third-order valence-corrected chi connectivity index (χ3v) is 2.77. The molecule has 0 radical (unpaired) electrons. The van der Waals surface area contributed by atoms with Crippen LogP contribution in [0.5, 0.6) is 0 Å². The van der Waals surface area contributed by atoms with Crippen LogP contribution in [0.25, 0.3) is 6.08 Å². The van der Waals surface area contributed by atoms with Crippen LogP contribution in [0.4, 0.5) is 0 Å². The fraction of sp³-hybridized carbons (Fsp3) is 0.357. The zero-order valence-corrected chi connectivity index (χ0v) is 11.0. The lowest BCUT2D eigenvalue weighted by molar-refractivity contribution is -0.117. The topological polar surface area (TPSA) is 29.1 Å². The Balaban J connectivity index is 2.54. The monoisotopic (exact) mass is 251 g/mol. The molecule has 0 saturated carbocycles. The molecule has 2 nitrogen and oxygen atoms in total. The first-order valence-corrected chi connectivity index (χ1v) is 6.24. The minimum Gasteiger partial charge on any atom is -0.350 e. The van der Waals surface area contributed by atoms with Gasteiger partial charge >= 0.3 is 0 Å². The quantitative estimate of drug-likeness (QED) is 0.795. The zero-order chi connectivity index (χ0) is 12.7. The van der Waals surface area contributed by atoms with Gasteiger partial charge in [-0.2, -0.15) is 0 Å². The third-order valence-electron chi connectivity index (χ3n) is 2.43. The number of carbonyl (C=O) groups excluding carboxylic acids is 1. The molecule has 0 bridgehead atoms. The summed E-state index contributed by atoms with van der Waals surface area (Å²) in [6.45, 7) is 4.10. The van der Waals surface area contributed by atoms with Gasteiger partial charge in [-0.05, 0) is 31.1 Å². The largest absolute Gasteiger partial charge is 0.350 e. The highest BCUT2D eigenvalue weighted by molar-refractivity contribution is 6.32. The van der Waals surface area contributed by atoms with E-state index in [0.29, 0.717) is 5.02 Å². The second kappa shape index (κ2) is 7.13. The molecular formula is C14H18ClNO. The van der Waals surface area contributed by atoms with E-state index in [2.05, 4.69) is 12.2 Å². The molecule has 0 heterocycles. The van der Waals surface area contributed by atoms with Crippen molar-refractivity contribution in [2.75, 3.05) is 0 Å². The molecule has 0 aliphatic heterocycles. The van der Waals surface area contributed by atoms with E-state index in [4.69, 9.17) is 11.6 Å². The second-order valence-electron chi connectivity index (χ2n) is 4.05. The lowest BCUT2D eigenvalue weighted by Crippen LogP contribution is -2.30. The molecule has 1 aromatic carbocycles. The van der Waals surface area contributed by atoms with Crippen LogP contribution in [0, 0.1) is 0 Å². The lowest BCUT2D eigenvalue weighted by Gasteiger charge is -2.10. The molecule has 1 rings (SSSR count). The van der Waals surface area contributed by atoms with E-state index in [9.17, 15) is 4.79 Å². The molecule has 92 valence electrons. The maximum absolute atomic E-state index is 11.6. The predicted octanol–water partition coefficient (Wildman–Crippen LogP) is 3.66. The number of amides is 1. The van der Waals surface area contributed by atoms with Crippen molar-refractivity contribution in [2.24, 2.45) is 0 Å². The maximum Gasteiger partial charge on any atom is 0.244 e. The smallest absolute Gasteiger partial charge is 0.244 e. The van der Waals surface area contributed by atoms with Crippen molar-refractivity contribution in [3.63, 3.8) is 0 Å². The molecule has 0 aliphatic carbocycles. The summed E-state index contributed by atoms with van der Waals surface area (Å²) in [5, 5.41) is 3.55. The Morgan fingerprint density at radius 2 is 2.18 bits per heavy atom. The van der Waals surface area contributed by atoms with Crippen LogP contribution in [-0.2, 0) is 4.79 Å². The van der Waals surface area contributed by atoms with Gasteiger partial charge in [0.2, 0.25) is 5.91 Å². The molecule has 3 heteroatoms. The molecule has 0 saturated heterocycles. The average molecular weight is 252 g/mol. The summed E-state index contributed by atoms with van der Waals surface area (Å²) in [5.41, 5.74) is 0.854. The predicted molar refractivity (Wildman–Crippen MR) is 73.0 cm³/mol. The average Bonchev–Trinajstić information content (AvgIpc) is 2.28. The van der Waals surface area contributed by atoms with Crippen molar-refractivity contribution in [1.29, 1.82) is 0 Å². The van der Waals surface area contributed by atoms with Gasteiger partial charge in [0, 0.05) is 17.1 Å². The van der Waals surface area contributed by atoms with Gasteiger partial charge in [-0.25, -0.2) is 0 Å². The molecule has 17 heavy (non-hydrogen) atoms. The van der Waals surface area contributed by atoms with Crippen LogP contribution >= 0.6 is 11.6 Å².